The lowest BCUT2D eigenvalue weighted by Crippen LogP contribution is -2.15. The number of carboxylic acid groups (broad SMARTS) is 1. The van der Waals surface area contributed by atoms with Gasteiger partial charge in [-0.05, 0) is 12.8 Å². The summed E-state index contributed by atoms with van der Waals surface area (Å²) in [5.74, 6) is -0.811. The van der Waals surface area contributed by atoms with E-state index in [1.807, 2.05) is 0 Å². The van der Waals surface area contributed by atoms with Crippen LogP contribution in [0, 0.1) is 0 Å². The number of aliphatic carboxylic acids is 1. The first-order valence-electron chi connectivity index (χ1n) is 5.46. The topological polar surface area (TPSA) is 77.2 Å². The van der Waals surface area contributed by atoms with Crippen LogP contribution in [0.5, 0.6) is 0 Å². The molecule has 2 rings (SSSR count). The number of carbonyl (C=O) groups is 1. The number of carboxylic acids is 1. The summed E-state index contributed by atoms with van der Waals surface area (Å²) in [7, 11) is 0. The van der Waals surface area contributed by atoms with Crippen LogP contribution >= 0.6 is 0 Å². The highest BCUT2D eigenvalue weighted by Crippen LogP contribution is 2.13. The van der Waals surface area contributed by atoms with Crippen LogP contribution in [0.2, 0.25) is 0 Å². The Balaban J connectivity index is 1.84. The molecule has 0 spiro atoms. The van der Waals surface area contributed by atoms with E-state index in [0.29, 0.717) is 13.0 Å². The van der Waals surface area contributed by atoms with E-state index >= 15 is 0 Å². The first-order chi connectivity index (χ1) is 7.74. The standard InChI is InChI=1S/C10H15N3O3/c14-10(15)4-3-8-6-13(12-11-8)7-9-2-1-5-16-9/h6,9H,1-5,7H2,(H,14,15). The fraction of sp³-hybridized carbons (Fsp3) is 0.700. The highest BCUT2D eigenvalue weighted by molar-refractivity contribution is 5.66. The number of ether oxygens (including phenoxy) is 1. The summed E-state index contributed by atoms with van der Waals surface area (Å²) in [5, 5.41) is 16.4. The van der Waals surface area contributed by atoms with E-state index in [2.05, 4.69) is 10.3 Å². The minimum Gasteiger partial charge on any atom is -0.481 e. The zero-order valence-electron chi connectivity index (χ0n) is 9.00. The van der Waals surface area contributed by atoms with Crippen molar-refractivity contribution in [2.24, 2.45) is 0 Å². The molecular weight excluding hydrogens is 210 g/mol. The summed E-state index contributed by atoms with van der Waals surface area (Å²) in [6.07, 6.45) is 4.72. The molecule has 1 fully saturated rings. The monoisotopic (exact) mass is 225 g/mol. The van der Waals surface area contributed by atoms with Crippen molar-refractivity contribution in [1.82, 2.24) is 15.0 Å². The third-order valence-electron chi connectivity index (χ3n) is 2.60. The zero-order valence-corrected chi connectivity index (χ0v) is 9.00. The minimum atomic E-state index is -0.811. The number of aryl methyl sites for hydroxylation is 1. The third-order valence-corrected chi connectivity index (χ3v) is 2.60. The van der Waals surface area contributed by atoms with E-state index in [1.54, 1.807) is 10.9 Å². The molecular formula is C10H15N3O3. The van der Waals surface area contributed by atoms with Crippen LogP contribution in [0.1, 0.15) is 25.0 Å². The fourth-order valence-corrected chi connectivity index (χ4v) is 1.77. The van der Waals surface area contributed by atoms with Gasteiger partial charge in [0.1, 0.15) is 0 Å². The van der Waals surface area contributed by atoms with Gasteiger partial charge in [-0.1, -0.05) is 5.21 Å². The Kier molecular flexibility index (Phi) is 3.51. The summed E-state index contributed by atoms with van der Waals surface area (Å²) in [5.41, 5.74) is 0.723. The van der Waals surface area contributed by atoms with Gasteiger partial charge in [0, 0.05) is 19.2 Å². The number of hydrogen-bond donors (Lipinski definition) is 1. The second-order valence-electron chi connectivity index (χ2n) is 3.96. The van der Waals surface area contributed by atoms with E-state index in [0.717, 1.165) is 25.1 Å². The highest BCUT2D eigenvalue weighted by Gasteiger charge is 2.16. The van der Waals surface area contributed by atoms with Gasteiger partial charge in [0.2, 0.25) is 0 Å². The molecule has 88 valence electrons. The van der Waals surface area contributed by atoms with E-state index < -0.39 is 5.97 Å². The molecule has 1 aromatic heterocycles. The lowest BCUT2D eigenvalue weighted by Gasteiger charge is -2.07. The predicted molar refractivity (Wildman–Crippen MR) is 55.0 cm³/mol. The van der Waals surface area contributed by atoms with Crippen LogP contribution in [-0.2, 0) is 22.5 Å². The van der Waals surface area contributed by atoms with Crippen LogP contribution in [0.15, 0.2) is 6.20 Å². The summed E-state index contributed by atoms with van der Waals surface area (Å²) in [4.78, 5) is 10.4. The predicted octanol–water partition coefficient (Wildman–Crippen LogP) is 0.474. The van der Waals surface area contributed by atoms with Gasteiger partial charge in [-0.25, -0.2) is 4.68 Å². The average molecular weight is 225 g/mol. The van der Waals surface area contributed by atoms with Crippen molar-refractivity contribution < 1.29 is 14.6 Å². The molecule has 1 aromatic rings. The maximum Gasteiger partial charge on any atom is 0.303 e. The molecule has 2 heterocycles. The van der Waals surface area contributed by atoms with E-state index in [4.69, 9.17) is 9.84 Å². The Morgan fingerprint density at radius 3 is 3.25 bits per heavy atom. The Labute approximate surface area is 93.2 Å². The molecule has 1 unspecified atom stereocenters. The molecule has 0 aliphatic carbocycles. The molecule has 1 aliphatic heterocycles. The van der Waals surface area contributed by atoms with Crippen molar-refractivity contribution in [3.05, 3.63) is 11.9 Å². The van der Waals surface area contributed by atoms with Crippen LogP contribution < -0.4 is 0 Å². The van der Waals surface area contributed by atoms with Crippen molar-refractivity contribution in [2.75, 3.05) is 6.61 Å². The quantitative estimate of drug-likeness (QED) is 0.788. The van der Waals surface area contributed by atoms with Crippen LogP contribution in [0.4, 0.5) is 0 Å². The Morgan fingerprint density at radius 2 is 2.56 bits per heavy atom. The molecule has 0 amide bonds. The maximum absolute atomic E-state index is 10.4. The summed E-state index contributed by atoms with van der Waals surface area (Å²) < 4.78 is 7.21. The van der Waals surface area contributed by atoms with Crippen molar-refractivity contribution in [2.45, 2.75) is 38.3 Å². The van der Waals surface area contributed by atoms with Crippen molar-refractivity contribution in [1.29, 1.82) is 0 Å². The molecule has 0 radical (unpaired) electrons. The molecule has 1 aliphatic rings. The first-order valence-corrected chi connectivity index (χ1v) is 5.46. The Hall–Kier alpha value is -1.43. The minimum absolute atomic E-state index is 0.0959. The Morgan fingerprint density at radius 1 is 1.69 bits per heavy atom. The van der Waals surface area contributed by atoms with Gasteiger partial charge in [-0.15, -0.1) is 5.10 Å². The van der Waals surface area contributed by atoms with Gasteiger partial charge in [-0.3, -0.25) is 4.79 Å². The molecule has 6 nitrogen and oxygen atoms in total. The fourth-order valence-electron chi connectivity index (χ4n) is 1.77. The highest BCUT2D eigenvalue weighted by atomic mass is 16.5. The smallest absolute Gasteiger partial charge is 0.303 e. The van der Waals surface area contributed by atoms with Gasteiger partial charge in [0.25, 0.3) is 0 Å². The van der Waals surface area contributed by atoms with Crippen molar-refractivity contribution >= 4 is 5.97 Å². The SMILES string of the molecule is O=C(O)CCc1cn(CC2CCCO2)nn1. The van der Waals surface area contributed by atoms with Crippen LogP contribution in [-0.4, -0.2) is 38.8 Å². The lowest BCUT2D eigenvalue weighted by molar-refractivity contribution is -0.136. The molecule has 16 heavy (non-hydrogen) atoms. The number of rotatable bonds is 5. The third kappa shape index (κ3) is 3.03. The van der Waals surface area contributed by atoms with Gasteiger partial charge in [0.05, 0.1) is 24.8 Å². The molecule has 0 saturated carbocycles. The van der Waals surface area contributed by atoms with Crippen LogP contribution in [0.25, 0.3) is 0 Å². The van der Waals surface area contributed by atoms with Gasteiger partial charge in [-0.2, -0.15) is 0 Å². The molecule has 0 bridgehead atoms. The Bertz CT molecular complexity index is 358. The zero-order chi connectivity index (χ0) is 11.4. The normalized spacial score (nSPS) is 20.1. The summed E-state index contributed by atoms with van der Waals surface area (Å²) in [6.45, 7) is 1.53. The summed E-state index contributed by atoms with van der Waals surface area (Å²) >= 11 is 0. The van der Waals surface area contributed by atoms with E-state index in [-0.39, 0.29) is 12.5 Å². The molecule has 1 N–H and O–H groups in total. The largest absolute Gasteiger partial charge is 0.481 e. The van der Waals surface area contributed by atoms with E-state index in [1.165, 1.54) is 0 Å². The van der Waals surface area contributed by atoms with Crippen LogP contribution in [0.3, 0.4) is 0 Å². The number of aromatic nitrogens is 3. The van der Waals surface area contributed by atoms with Crippen molar-refractivity contribution in [3.63, 3.8) is 0 Å². The summed E-state index contributed by atoms with van der Waals surface area (Å²) in [6, 6.07) is 0. The number of hydrogen-bond acceptors (Lipinski definition) is 4. The molecule has 0 aromatic carbocycles. The average Bonchev–Trinajstić information content (AvgIpc) is 2.87. The van der Waals surface area contributed by atoms with Gasteiger partial charge < -0.3 is 9.84 Å². The lowest BCUT2D eigenvalue weighted by atomic mass is 10.2. The second-order valence-corrected chi connectivity index (χ2v) is 3.96. The second kappa shape index (κ2) is 5.07. The van der Waals surface area contributed by atoms with E-state index in [9.17, 15) is 4.79 Å². The number of nitrogens with zero attached hydrogens (tertiary/aromatic N) is 3. The molecule has 6 heteroatoms. The van der Waals surface area contributed by atoms with Crippen molar-refractivity contribution in [3.8, 4) is 0 Å². The maximum atomic E-state index is 10.4. The first kappa shape index (κ1) is 11.1. The molecule has 1 saturated heterocycles. The molecule has 1 atom stereocenters. The van der Waals surface area contributed by atoms with Gasteiger partial charge in [0.15, 0.2) is 0 Å². The van der Waals surface area contributed by atoms with Gasteiger partial charge >= 0.3 is 5.97 Å².